The maximum atomic E-state index is 12.3. The molecule has 2 aromatic heterocycles. The maximum Gasteiger partial charge on any atom is 0.282 e. The molecule has 3 aromatic rings. The first kappa shape index (κ1) is 20.2. The van der Waals surface area contributed by atoms with E-state index in [0.717, 1.165) is 20.0 Å². The lowest BCUT2D eigenvalue weighted by Gasteiger charge is -2.21. The van der Waals surface area contributed by atoms with Crippen LogP contribution in [0, 0.1) is 0 Å². The van der Waals surface area contributed by atoms with Crippen molar-refractivity contribution in [3.63, 3.8) is 0 Å². The Bertz CT molecular complexity index is 923. The van der Waals surface area contributed by atoms with Crippen molar-refractivity contribution in [2.45, 2.75) is 54.8 Å². The number of hydrogen-bond acceptors (Lipinski definition) is 9. The van der Waals surface area contributed by atoms with Gasteiger partial charge in [-0.3, -0.25) is 4.79 Å². The van der Waals surface area contributed by atoms with E-state index in [-0.39, 0.29) is 5.91 Å². The topological polar surface area (TPSA) is 92.7 Å². The fraction of sp³-hybridized carbons (Fsp3) is 0.421. The molecule has 4 rings (SSSR count). The van der Waals surface area contributed by atoms with Gasteiger partial charge in [0.2, 0.25) is 10.1 Å². The summed E-state index contributed by atoms with van der Waals surface area (Å²) in [4.78, 5) is 12.3. The zero-order chi connectivity index (χ0) is 19.9. The number of aromatic nitrogens is 4. The lowest BCUT2D eigenvalue weighted by Crippen LogP contribution is -2.22. The van der Waals surface area contributed by atoms with Gasteiger partial charge in [0, 0.05) is 12.6 Å². The number of amides is 1. The zero-order valence-corrected chi connectivity index (χ0v) is 18.3. The molecule has 10 heteroatoms. The minimum absolute atomic E-state index is 0.197. The molecular weight excluding hydrogens is 424 g/mol. The van der Waals surface area contributed by atoms with Crippen LogP contribution in [0.2, 0.25) is 0 Å². The highest BCUT2D eigenvalue weighted by atomic mass is 32.2. The molecule has 1 aliphatic carbocycles. The van der Waals surface area contributed by atoms with E-state index in [1.165, 1.54) is 43.4 Å². The van der Waals surface area contributed by atoms with Crippen LogP contribution in [0.15, 0.2) is 34.7 Å². The number of hydrogen-bond donors (Lipinski definition) is 2. The average molecular weight is 447 g/mol. The van der Waals surface area contributed by atoms with Crippen LogP contribution in [0.4, 0.5) is 5.13 Å². The molecule has 0 bridgehead atoms. The van der Waals surface area contributed by atoms with Gasteiger partial charge in [-0.2, -0.15) is 0 Å². The smallest absolute Gasteiger partial charge is 0.282 e. The third kappa shape index (κ3) is 5.97. The molecule has 1 aliphatic rings. The normalized spacial score (nSPS) is 14.6. The van der Waals surface area contributed by atoms with Crippen molar-refractivity contribution >= 4 is 45.5 Å². The molecule has 0 spiro atoms. The van der Waals surface area contributed by atoms with Gasteiger partial charge in [-0.1, -0.05) is 84.0 Å². The molecule has 0 radical (unpaired) electrons. The molecule has 2 heterocycles. The summed E-state index contributed by atoms with van der Waals surface area (Å²) in [6.07, 6.45) is 6.33. The second-order valence-corrected chi connectivity index (χ2v) is 10.1. The molecule has 1 amide bonds. The van der Waals surface area contributed by atoms with E-state index in [2.05, 4.69) is 31.0 Å². The number of carbonyl (C=O) groups excluding carboxylic acids is 1. The van der Waals surface area contributed by atoms with E-state index in [0.29, 0.717) is 23.3 Å². The van der Waals surface area contributed by atoms with Gasteiger partial charge in [0.25, 0.3) is 5.91 Å². The highest BCUT2D eigenvalue weighted by molar-refractivity contribution is 8.00. The van der Waals surface area contributed by atoms with E-state index in [4.69, 9.17) is 0 Å². The highest BCUT2D eigenvalue weighted by Gasteiger charge is 2.16. The van der Waals surface area contributed by atoms with Crippen LogP contribution >= 0.6 is 34.4 Å². The number of nitrogens with zero attached hydrogens (tertiary/aromatic N) is 4. The lowest BCUT2D eigenvalue weighted by molar-refractivity contribution is 0.0950. The Morgan fingerprint density at radius 2 is 1.86 bits per heavy atom. The van der Waals surface area contributed by atoms with Crippen molar-refractivity contribution in [3.8, 4) is 0 Å². The third-order valence-corrected chi connectivity index (χ3v) is 7.72. The lowest BCUT2D eigenvalue weighted by atomic mass is 9.96. The van der Waals surface area contributed by atoms with E-state index in [9.17, 15) is 4.79 Å². The summed E-state index contributed by atoms with van der Waals surface area (Å²) >= 11 is 4.46. The molecule has 29 heavy (non-hydrogen) atoms. The minimum Gasteiger partial charge on any atom is -0.357 e. The summed E-state index contributed by atoms with van der Waals surface area (Å²) < 4.78 is 0.897. The standard InChI is InChI=1S/C19H22N6OS3/c26-16(20-11-13-7-3-1-4-8-13)17-23-22-15(28-17)12-27-19-25-24-18(29-19)21-14-9-5-2-6-10-14/h1,3-4,7-8,14H,2,5-6,9-12H2,(H,20,26)(H,21,24). The van der Waals surface area contributed by atoms with E-state index < -0.39 is 0 Å². The van der Waals surface area contributed by atoms with Gasteiger partial charge < -0.3 is 10.6 Å². The Balaban J connectivity index is 1.24. The van der Waals surface area contributed by atoms with Crippen LogP contribution in [-0.4, -0.2) is 32.3 Å². The van der Waals surface area contributed by atoms with E-state index in [1.54, 1.807) is 23.1 Å². The van der Waals surface area contributed by atoms with Gasteiger partial charge in [-0.05, 0) is 18.4 Å². The molecule has 2 N–H and O–H groups in total. The first-order valence-corrected chi connectivity index (χ1v) is 12.3. The Morgan fingerprint density at radius 3 is 2.69 bits per heavy atom. The summed E-state index contributed by atoms with van der Waals surface area (Å²) in [5.41, 5.74) is 1.05. The fourth-order valence-corrected chi connectivity index (χ4v) is 5.70. The Kier molecular flexibility index (Phi) is 7.07. The Labute approximate surface area is 181 Å². The van der Waals surface area contributed by atoms with Gasteiger partial charge in [0.15, 0.2) is 4.34 Å². The van der Waals surface area contributed by atoms with Crippen LogP contribution < -0.4 is 10.6 Å². The van der Waals surface area contributed by atoms with Crippen molar-refractivity contribution in [1.29, 1.82) is 0 Å². The molecule has 152 valence electrons. The van der Waals surface area contributed by atoms with Crippen molar-refractivity contribution < 1.29 is 4.79 Å². The molecule has 0 aliphatic heterocycles. The molecule has 1 aromatic carbocycles. The van der Waals surface area contributed by atoms with Gasteiger partial charge in [0.05, 0.1) is 5.75 Å². The van der Waals surface area contributed by atoms with Crippen molar-refractivity contribution in [2.24, 2.45) is 0 Å². The Hall–Kier alpha value is -2.04. The number of rotatable bonds is 8. The number of carbonyl (C=O) groups is 1. The first-order valence-electron chi connectivity index (χ1n) is 9.63. The molecule has 7 nitrogen and oxygen atoms in total. The summed E-state index contributed by atoms with van der Waals surface area (Å²) in [5.74, 6) is 0.430. The summed E-state index contributed by atoms with van der Waals surface area (Å²) in [5, 5.41) is 25.1. The maximum absolute atomic E-state index is 12.3. The van der Waals surface area contributed by atoms with E-state index in [1.807, 2.05) is 30.3 Å². The predicted molar refractivity (Wildman–Crippen MR) is 117 cm³/mol. The number of anilines is 1. The average Bonchev–Trinajstić information content (AvgIpc) is 3.41. The minimum atomic E-state index is -0.197. The first-order chi connectivity index (χ1) is 14.3. The molecule has 1 fully saturated rings. The largest absolute Gasteiger partial charge is 0.357 e. The van der Waals surface area contributed by atoms with Crippen molar-refractivity contribution in [1.82, 2.24) is 25.7 Å². The van der Waals surface area contributed by atoms with Gasteiger partial charge in [-0.15, -0.1) is 20.4 Å². The molecule has 0 saturated heterocycles. The van der Waals surface area contributed by atoms with Crippen LogP contribution in [0.3, 0.4) is 0 Å². The van der Waals surface area contributed by atoms with Gasteiger partial charge in [-0.25, -0.2) is 0 Å². The second-order valence-electron chi connectivity index (χ2n) is 6.81. The molecule has 0 atom stereocenters. The Morgan fingerprint density at radius 1 is 1.03 bits per heavy atom. The SMILES string of the molecule is O=C(NCc1ccccc1)c1nnc(CSc2nnc(NC3CCCCC3)s2)s1. The zero-order valence-electron chi connectivity index (χ0n) is 15.8. The highest BCUT2D eigenvalue weighted by Crippen LogP contribution is 2.30. The van der Waals surface area contributed by atoms with Crippen molar-refractivity contribution in [3.05, 3.63) is 45.9 Å². The second kappa shape index (κ2) is 10.1. The van der Waals surface area contributed by atoms with Gasteiger partial charge >= 0.3 is 0 Å². The number of benzene rings is 1. The fourth-order valence-electron chi connectivity index (χ4n) is 3.13. The van der Waals surface area contributed by atoms with Crippen LogP contribution in [0.1, 0.15) is 52.5 Å². The van der Waals surface area contributed by atoms with E-state index >= 15 is 0 Å². The van der Waals surface area contributed by atoms with Crippen LogP contribution in [0.5, 0.6) is 0 Å². The number of nitrogens with one attached hydrogen (secondary N) is 2. The monoisotopic (exact) mass is 446 g/mol. The predicted octanol–water partition coefficient (Wildman–Crippen LogP) is 4.36. The molecule has 1 saturated carbocycles. The van der Waals surface area contributed by atoms with Crippen LogP contribution in [-0.2, 0) is 12.3 Å². The van der Waals surface area contributed by atoms with Gasteiger partial charge in [0.1, 0.15) is 5.01 Å². The molecular formula is C19H22N6OS3. The molecule has 0 unspecified atom stereocenters. The van der Waals surface area contributed by atoms with Crippen molar-refractivity contribution in [2.75, 3.05) is 5.32 Å². The quantitative estimate of drug-likeness (QED) is 0.497. The summed E-state index contributed by atoms with van der Waals surface area (Å²) in [6, 6.07) is 10.3. The summed E-state index contributed by atoms with van der Waals surface area (Å²) in [6.45, 7) is 0.477. The third-order valence-electron chi connectivity index (χ3n) is 4.62. The van der Waals surface area contributed by atoms with Crippen LogP contribution in [0.25, 0.3) is 0 Å². The summed E-state index contributed by atoms with van der Waals surface area (Å²) in [7, 11) is 0. The number of thioether (sulfide) groups is 1.